The van der Waals surface area contributed by atoms with Gasteiger partial charge in [-0.05, 0) is 18.2 Å². The lowest BCUT2D eigenvalue weighted by atomic mass is 10.1. The van der Waals surface area contributed by atoms with Crippen molar-refractivity contribution in [3.63, 3.8) is 0 Å². The number of rotatable bonds is 6. The molecule has 0 radical (unpaired) electrons. The maximum absolute atomic E-state index is 13.8. The average molecular weight is 348 g/mol. The Morgan fingerprint density at radius 3 is 2.48 bits per heavy atom. The number of aromatic nitrogens is 2. The zero-order valence-corrected chi connectivity index (χ0v) is 15.0. The summed E-state index contributed by atoms with van der Waals surface area (Å²) < 4.78 is 29.3. The van der Waals surface area contributed by atoms with Gasteiger partial charge in [-0.3, -0.25) is 9.80 Å². The molecule has 1 saturated heterocycles. The third kappa shape index (κ3) is 4.64. The van der Waals surface area contributed by atoms with Crippen LogP contribution in [-0.4, -0.2) is 52.1 Å². The van der Waals surface area contributed by atoms with Crippen molar-refractivity contribution in [1.29, 1.82) is 0 Å². The summed E-state index contributed by atoms with van der Waals surface area (Å²) >= 11 is 0. The van der Waals surface area contributed by atoms with E-state index in [9.17, 15) is 8.78 Å². The molecule has 1 aliphatic heterocycles. The molecule has 1 aromatic heterocycles. The second-order valence-corrected chi connectivity index (χ2v) is 6.99. The normalized spacial score (nSPS) is 16.7. The van der Waals surface area contributed by atoms with Gasteiger partial charge in [-0.2, -0.15) is 0 Å². The average Bonchev–Trinajstić information content (AvgIpc) is 3.06. The fourth-order valence-corrected chi connectivity index (χ4v) is 3.34. The molecule has 0 amide bonds. The van der Waals surface area contributed by atoms with Gasteiger partial charge < -0.3 is 4.57 Å². The fraction of sp³-hybridized carbons (Fsp3) is 0.526. The van der Waals surface area contributed by atoms with Gasteiger partial charge in [-0.15, -0.1) is 0 Å². The van der Waals surface area contributed by atoms with Crippen LogP contribution in [0, 0.1) is 11.6 Å². The molecule has 0 N–H and O–H groups in total. The van der Waals surface area contributed by atoms with E-state index in [2.05, 4.69) is 33.2 Å². The van der Waals surface area contributed by atoms with E-state index in [-0.39, 0.29) is 11.6 Å². The molecule has 2 heterocycles. The quantitative estimate of drug-likeness (QED) is 0.802. The van der Waals surface area contributed by atoms with E-state index in [0.29, 0.717) is 18.0 Å². The van der Waals surface area contributed by atoms with E-state index in [1.165, 1.54) is 12.1 Å². The van der Waals surface area contributed by atoms with E-state index in [1.807, 2.05) is 12.4 Å². The molecule has 3 rings (SSSR count). The lowest BCUT2D eigenvalue weighted by molar-refractivity contribution is 0.123. The van der Waals surface area contributed by atoms with E-state index >= 15 is 0 Å². The Bertz CT molecular complexity index is 690. The van der Waals surface area contributed by atoms with Crippen molar-refractivity contribution in [2.45, 2.75) is 32.9 Å². The third-order valence-corrected chi connectivity index (χ3v) is 4.79. The summed E-state index contributed by atoms with van der Waals surface area (Å²) in [5.74, 6) is 0.842. The van der Waals surface area contributed by atoms with Gasteiger partial charge in [-0.1, -0.05) is 13.8 Å². The largest absolute Gasteiger partial charge is 0.333 e. The van der Waals surface area contributed by atoms with Gasteiger partial charge in [0.05, 0.1) is 0 Å². The highest BCUT2D eigenvalue weighted by atomic mass is 19.1. The first kappa shape index (κ1) is 18.0. The van der Waals surface area contributed by atoms with Crippen LogP contribution in [-0.2, 0) is 13.1 Å². The molecular weight excluding hydrogens is 322 g/mol. The minimum Gasteiger partial charge on any atom is -0.333 e. The molecule has 136 valence electrons. The first-order valence-corrected chi connectivity index (χ1v) is 8.92. The van der Waals surface area contributed by atoms with Crippen LogP contribution in [0.1, 0.15) is 31.2 Å². The maximum Gasteiger partial charge on any atom is 0.127 e. The van der Waals surface area contributed by atoms with Crippen LogP contribution in [0.4, 0.5) is 8.78 Å². The Balaban J connectivity index is 1.47. The number of piperazine rings is 1. The fourth-order valence-electron chi connectivity index (χ4n) is 3.34. The van der Waals surface area contributed by atoms with Gasteiger partial charge in [0.2, 0.25) is 0 Å². The molecule has 0 saturated carbocycles. The van der Waals surface area contributed by atoms with Crippen LogP contribution in [0.3, 0.4) is 0 Å². The molecule has 0 aliphatic carbocycles. The van der Waals surface area contributed by atoms with E-state index in [0.717, 1.165) is 51.2 Å². The number of hydrogen-bond donors (Lipinski definition) is 0. The minimum absolute atomic E-state index is 0.329. The zero-order chi connectivity index (χ0) is 17.8. The summed E-state index contributed by atoms with van der Waals surface area (Å²) in [6.07, 6.45) is 3.90. The highest BCUT2D eigenvalue weighted by Gasteiger charge is 2.18. The summed E-state index contributed by atoms with van der Waals surface area (Å²) in [6.45, 7) is 10.3. The molecule has 1 fully saturated rings. The minimum atomic E-state index is -0.378. The summed E-state index contributed by atoms with van der Waals surface area (Å²) in [7, 11) is 0. The highest BCUT2D eigenvalue weighted by molar-refractivity contribution is 5.18. The summed E-state index contributed by atoms with van der Waals surface area (Å²) in [4.78, 5) is 9.03. The third-order valence-electron chi connectivity index (χ3n) is 4.79. The van der Waals surface area contributed by atoms with Gasteiger partial charge in [0.1, 0.15) is 17.5 Å². The zero-order valence-electron chi connectivity index (χ0n) is 15.0. The van der Waals surface area contributed by atoms with Gasteiger partial charge >= 0.3 is 0 Å². The van der Waals surface area contributed by atoms with Gasteiger partial charge in [0.15, 0.2) is 0 Å². The van der Waals surface area contributed by atoms with Crippen molar-refractivity contribution in [1.82, 2.24) is 19.4 Å². The van der Waals surface area contributed by atoms with Crippen molar-refractivity contribution in [3.8, 4) is 0 Å². The van der Waals surface area contributed by atoms with Crippen LogP contribution in [0.2, 0.25) is 0 Å². The Labute approximate surface area is 148 Å². The van der Waals surface area contributed by atoms with Crippen molar-refractivity contribution in [2.75, 3.05) is 32.7 Å². The smallest absolute Gasteiger partial charge is 0.127 e. The van der Waals surface area contributed by atoms with Crippen molar-refractivity contribution < 1.29 is 8.78 Å². The van der Waals surface area contributed by atoms with Crippen LogP contribution in [0.5, 0.6) is 0 Å². The summed E-state index contributed by atoms with van der Waals surface area (Å²) in [5, 5.41) is 0. The summed E-state index contributed by atoms with van der Waals surface area (Å²) in [6, 6.07) is 3.67. The Kier molecular flexibility index (Phi) is 5.81. The number of imidazole rings is 1. The molecule has 0 spiro atoms. The first-order valence-electron chi connectivity index (χ1n) is 8.92. The number of hydrogen-bond acceptors (Lipinski definition) is 3. The van der Waals surface area contributed by atoms with E-state index in [1.54, 1.807) is 0 Å². The highest BCUT2D eigenvalue weighted by Crippen LogP contribution is 2.15. The van der Waals surface area contributed by atoms with Crippen molar-refractivity contribution in [3.05, 3.63) is 53.6 Å². The van der Waals surface area contributed by atoms with Crippen LogP contribution in [0.25, 0.3) is 0 Å². The molecule has 2 aromatic rings. The second-order valence-electron chi connectivity index (χ2n) is 6.99. The standard InChI is InChI=1S/C19H26F2N4/c1-15(2)19-22-5-6-25(19)12-11-23-7-9-24(10-8-23)14-16-13-17(20)3-4-18(16)21/h3-6,13,15H,7-12,14H2,1-2H3. The first-order chi connectivity index (χ1) is 12.0. The van der Waals surface area contributed by atoms with E-state index in [4.69, 9.17) is 0 Å². The molecule has 0 atom stereocenters. The molecule has 1 aliphatic rings. The van der Waals surface area contributed by atoms with Gasteiger partial charge in [-0.25, -0.2) is 13.8 Å². The second kappa shape index (κ2) is 8.06. The predicted molar refractivity (Wildman–Crippen MR) is 94.4 cm³/mol. The Morgan fingerprint density at radius 2 is 1.76 bits per heavy atom. The lowest BCUT2D eigenvalue weighted by Crippen LogP contribution is -2.46. The Morgan fingerprint density at radius 1 is 1.04 bits per heavy atom. The lowest BCUT2D eigenvalue weighted by Gasteiger charge is -2.35. The molecule has 25 heavy (non-hydrogen) atoms. The molecular formula is C19H26F2N4. The molecule has 0 bridgehead atoms. The van der Waals surface area contributed by atoms with Gasteiger partial charge in [0.25, 0.3) is 0 Å². The number of nitrogens with zero attached hydrogens (tertiary/aromatic N) is 4. The number of halogens is 2. The Hall–Kier alpha value is -1.79. The number of benzene rings is 1. The van der Waals surface area contributed by atoms with Crippen molar-refractivity contribution in [2.24, 2.45) is 0 Å². The SMILES string of the molecule is CC(C)c1nccn1CCN1CCN(Cc2cc(F)ccc2F)CC1. The molecule has 4 nitrogen and oxygen atoms in total. The summed E-state index contributed by atoms with van der Waals surface area (Å²) in [5.41, 5.74) is 0.438. The monoisotopic (exact) mass is 348 g/mol. The van der Waals surface area contributed by atoms with Crippen molar-refractivity contribution >= 4 is 0 Å². The molecule has 0 unspecified atom stereocenters. The predicted octanol–water partition coefficient (Wildman–Crippen LogP) is 3.10. The van der Waals surface area contributed by atoms with Crippen LogP contribution in [0.15, 0.2) is 30.6 Å². The van der Waals surface area contributed by atoms with Gasteiger partial charge in [0, 0.05) is 69.7 Å². The molecule has 6 heteroatoms. The van der Waals surface area contributed by atoms with Crippen LogP contribution < -0.4 is 0 Å². The topological polar surface area (TPSA) is 24.3 Å². The van der Waals surface area contributed by atoms with E-state index < -0.39 is 0 Å². The molecule has 1 aromatic carbocycles. The van der Waals surface area contributed by atoms with Crippen LogP contribution >= 0.6 is 0 Å². The maximum atomic E-state index is 13.8.